The van der Waals surface area contributed by atoms with Gasteiger partial charge < -0.3 is 39.8 Å². The van der Waals surface area contributed by atoms with E-state index < -0.39 is 31.3 Å². The molecular weight excluding hydrogens is 1150 g/mol. The van der Waals surface area contributed by atoms with Crippen molar-refractivity contribution >= 4 is 114 Å². The van der Waals surface area contributed by atoms with E-state index in [9.17, 15) is 37.2 Å². The predicted octanol–water partition coefficient (Wildman–Crippen LogP) is 8.37. The van der Waals surface area contributed by atoms with Crippen molar-refractivity contribution in [3.63, 3.8) is 0 Å². The molecule has 0 bridgehead atoms. The molecule has 5 heterocycles. The van der Waals surface area contributed by atoms with E-state index in [0.717, 1.165) is 40.9 Å². The molecule has 10 rings (SSSR count). The maximum Gasteiger partial charge on any atom is 0.279 e. The van der Waals surface area contributed by atoms with Crippen LogP contribution in [0.2, 0.25) is 0 Å². The second kappa shape index (κ2) is 25.5. The van der Waals surface area contributed by atoms with Gasteiger partial charge >= 0.3 is 0 Å². The summed E-state index contributed by atoms with van der Waals surface area (Å²) in [6, 6.07) is 27.8. The molecular formula is C60H65N7O13S4. The molecule has 4 atom stereocenters. The summed E-state index contributed by atoms with van der Waals surface area (Å²) in [6.07, 6.45) is 5.45. The third kappa shape index (κ3) is 12.9. The maximum atomic E-state index is 14.2. The number of hydrogen-bond acceptors (Lipinski definition) is 18. The van der Waals surface area contributed by atoms with Gasteiger partial charge in [-0.25, -0.2) is 0 Å². The van der Waals surface area contributed by atoms with E-state index in [1.165, 1.54) is 47.6 Å². The maximum absolute atomic E-state index is 14.2. The second-order valence-electron chi connectivity index (χ2n) is 21.3. The molecule has 5 aliphatic heterocycles. The third-order valence-corrected chi connectivity index (χ3v) is 21.2. The van der Waals surface area contributed by atoms with E-state index in [0.29, 0.717) is 81.7 Å². The molecule has 1 fully saturated rings. The first-order valence-corrected chi connectivity index (χ1v) is 32.4. The zero-order chi connectivity index (χ0) is 59.5. The summed E-state index contributed by atoms with van der Waals surface area (Å²) in [5.41, 5.74) is 7.62. The van der Waals surface area contributed by atoms with E-state index >= 15 is 0 Å². The van der Waals surface area contributed by atoms with E-state index in [2.05, 4.69) is 16.0 Å². The molecule has 0 spiro atoms. The van der Waals surface area contributed by atoms with E-state index in [1.54, 1.807) is 53.8 Å². The number of aliphatic imine (C=N–C) groups is 1. The second-order valence-corrected chi connectivity index (χ2v) is 27.4. The van der Waals surface area contributed by atoms with Crippen LogP contribution in [0.1, 0.15) is 82.5 Å². The van der Waals surface area contributed by atoms with Crippen molar-refractivity contribution in [2.75, 3.05) is 73.4 Å². The van der Waals surface area contributed by atoms with E-state index in [1.807, 2.05) is 73.3 Å². The van der Waals surface area contributed by atoms with Gasteiger partial charge in [-0.05, 0) is 104 Å². The minimum atomic E-state index is -4.29. The van der Waals surface area contributed by atoms with Crippen molar-refractivity contribution in [2.24, 2.45) is 4.99 Å². The Hall–Kier alpha value is -7.25. The van der Waals surface area contributed by atoms with Crippen molar-refractivity contribution in [1.82, 2.24) is 10.2 Å². The highest BCUT2D eigenvalue weighted by Gasteiger charge is 2.41. The Kier molecular flexibility index (Phi) is 18.2. The van der Waals surface area contributed by atoms with Crippen molar-refractivity contribution < 1.29 is 60.3 Å². The summed E-state index contributed by atoms with van der Waals surface area (Å²) in [5.74, 6) is -0.398. The largest absolute Gasteiger partial charge is 0.493 e. The zero-order valence-corrected chi connectivity index (χ0v) is 50.5. The number of fused-ring (bicyclic) bond motifs is 8. The molecule has 5 aromatic rings. The number of para-hydroxylation sites is 2. The van der Waals surface area contributed by atoms with Crippen molar-refractivity contribution in [1.29, 1.82) is 0 Å². The lowest BCUT2D eigenvalue weighted by molar-refractivity contribution is -0.138. The predicted molar refractivity (Wildman–Crippen MR) is 327 cm³/mol. The number of ether oxygens (including phenoxy) is 4. The number of thioether (sulfide) groups is 1. The lowest BCUT2D eigenvalue weighted by Crippen LogP contribution is -2.44. The van der Waals surface area contributed by atoms with Gasteiger partial charge in [0.05, 0.1) is 61.2 Å². The van der Waals surface area contributed by atoms with Gasteiger partial charge in [0.2, 0.25) is 23.6 Å². The van der Waals surface area contributed by atoms with Crippen LogP contribution in [-0.4, -0.2) is 135 Å². The number of carbonyl (C=O) groups excluding carboxylic acids is 6. The van der Waals surface area contributed by atoms with Crippen LogP contribution in [0, 0.1) is 0 Å². The molecule has 0 radical (unpaired) electrons. The number of nitrogens with one attached hydrogen (secondary N) is 3. The van der Waals surface area contributed by atoms with Crippen LogP contribution >= 0.6 is 33.3 Å². The van der Waals surface area contributed by atoms with Gasteiger partial charge in [-0.1, -0.05) is 58.0 Å². The quantitative estimate of drug-likeness (QED) is 0.0227. The number of carbonyl (C=O) groups is 6. The number of anilines is 4. The highest BCUT2D eigenvalue weighted by atomic mass is 33.1. The Morgan fingerprint density at radius 3 is 2.11 bits per heavy atom. The monoisotopic (exact) mass is 1220 g/mol. The average Bonchev–Trinajstić information content (AvgIpc) is 4.28. The number of rotatable bonds is 24. The summed E-state index contributed by atoms with van der Waals surface area (Å²) in [6.45, 7) is 4.31. The number of hydrogen-bond donors (Lipinski definition) is 3. The number of methoxy groups -OCH3 is 2. The summed E-state index contributed by atoms with van der Waals surface area (Å²) >= 11 is 1.28. The standard InChI is InChI=1S/C60H65N7O13S4/c1-60(2,83-82-20-16-53(84(74,75)78-5)56(70)61-18-19-65-55(69)30-52(81-6)59(65)73)17-15-54(68)64-39-22-35(33-79-50-28-44-42(26-48(50)76-3)57(71)66-40(31-62-44)24-37-11-7-9-13-46(37)66)21-36(23-39)34-80-51-29-45-43(27-49(51)77-4)58(72)67-41(32-63-45)25-38-12-8-10-14-47(38)67/h7-14,21-23,26-29,31,40-41,52-53,63H,15-20,24-25,30,32-34H2,1-6H3,(H,61,70)(H,64,68)/t40-,41-,52?,53?/m0/s1. The van der Waals surface area contributed by atoms with Gasteiger partial charge in [-0.2, -0.15) is 20.2 Å². The van der Waals surface area contributed by atoms with Gasteiger partial charge in [0, 0.05) is 84.8 Å². The van der Waals surface area contributed by atoms with Gasteiger partial charge in [0.1, 0.15) is 13.2 Å². The molecule has 442 valence electrons. The van der Waals surface area contributed by atoms with Gasteiger partial charge in [-0.15, -0.1) is 0 Å². The molecule has 0 aliphatic carbocycles. The average molecular weight is 1220 g/mol. The smallest absolute Gasteiger partial charge is 0.279 e. The SMILES string of the molecule is COc1cc2c(cc1OCc1cc(COc3cc4c(cc3OC)C(=O)N3c5ccccc5C[C@H]3CN4)cc(NC(=O)CCC(C)(C)SSCCC(C(=O)NCCN3C(=O)CC(SC)C3=O)S(=O)(=O)OC)c1)N=C[C@@H]1Cc3ccccc3N1C2=O. The normalized spacial score (nSPS) is 18.1. The summed E-state index contributed by atoms with van der Waals surface area (Å²) in [7, 11) is 2.54. The Bertz CT molecular complexity index is 3560. The fourth-order valence-electron chi connectivity index (χ4n) is 11.0. The first-order chi connectivity index (χ1) is 40.4. The first kappa shape index (κ1) is 59.9. The molecule has 0 saturated carbocycles. The van der Waals surface area contributed by atoms with Crippen molar-refractivity contribution in [2.45, 2.75) is 92.9 Å². The topological polar surface area (TPSA) is 241 Å². The van der Waals surface area contributed by atoms with Crippen LogP contribution < -0.4 is 44.7 Å². The molecule has 5 aliphatic rings. The fourth-order valence-corrected chi connectivity index (χ4v) is 15.4. The van der Waals surface area contributed by atoms with Crippen LogP contribution in [0.5, 0.6) is 23.0 Å². The summed E-state index contributed by atoms with van der Waals surface area (Å²) < 4.78 is 54.6. The number of imide groups is 1. The Labute approximate surface area is 500 Å². The molecule has 2 unspecified atom stereocenters. The van der Waals surface area contributed by atoms with Gasteiger partial charge in [0.15, 0.2) is 28.2 Å². The minimum absolute atomic E-state index is 0.00901. The van der Waals surface area contributed by atoms with Crippen molar-refractivity contribution in [3.8, 4) is 23.0 Å². The molecule has 20 nitrogen and oxygen atoms in total. The lowest BCUT2D eigenvalue weighted by Gasteiger charge is -2.23. The van der Waals surface area contributed by atoms with Crippen LogP contribution in [0.25, 0.3) is 0 Å². The number of likely N-dealkylation sites (tertiary alicyclic amines) is 1. The third-order valence-electron chi connectivity index (χ3n) is 15.3. The molecule has 24 heteroatoms. The van der Waals surface area contributed by atoms with Crippen LogP contribution in [0.15, 0.2) is 96.0 Å². The number of nitrogens with zero attached hydrogens (tertiary/aromatic N) is 4. The van der Waals surface area contributed by atoms with E-state index in [4.69, 9.17) is 28.1 Å². The minimum Gasteiger partial charge on any atom is -0.493 e. The highest BCUT2D eigenvalue weighted by molar-refractivity contribution is 8.77. The van der Waals surface area contributed by atoms with Crippen LogP contribution in [0.4, 0.5) is 28.4 Å². The molecule has 5 aromatic carbocycles. The van der Waals surface area contributed by atoms with Gasteiger partial charge in [0.25, 0.3) is 21.9 Å². The number of benzene rings is 5. The lowest BCUT2D eigenvalue weighted by atomic mass is 10.1. The number of amides is 6. The molecule has 1 saturated heterocycles. The summed E-state index contributed by atoms with van der Waals surface area (Å²) in [4.78, 5) is 89.7. The molecule has 3 N–H and O–H groups in total. The van der Waals surface area contributed by atoms with E-state index in [-0.39, 0.29) is 92.9 Å². The molecule has 84 heavy (non-hydrogen) atoms. The Morgan fingerprint density at radius 1 is 0.798 bits per heavy atom. The Balaban J connectivity index is 0.815. The van der Waals surface area contributed by atoms with Gasteiger partial charge in [-0.3, -0.25) is 47.7 Å². The fraction of sp³-hybridized carbons (Fsp3) is 0.383. The molecule has 0 aromatic heterocycles. The zero-order valence-electron chi connectivity index (χ0n) is 47.3. The Morgan fingerprint density at radius 2 is 1.44 bits per heavy atom. The molecule has 6 amide bonds. The first-order valence-electron chi connectivity index (χ1n) is 27.4. The van der Waals surface area contributed by atoms with Crippen LogP contribution in [-0.2, 0) is 59.5 Å². The highest BCUT2D eigenvalue weighted by Crippen LogP contribution is 2.44. The van der Waals surface area contributed by atoms with Crippen molar-refractivity contribution in [3.05, 3.63) is 124 Å². The summed E-state index contributed by atoms with van der Waals surface area (Å²) in [5, 5.41) is 7.09. The van der Waals surface area contributed by atoms with Crippen LogP contribution in [0.3, 0.4) is 0 Å².